The molecule has 0 spiro atoms. The molecule has 166 valence electrons. The van der Waals surface area contributed by atoms with Crippen molar-refractivity contribution in [1.29, 1.82) is 0 Å². The quantitative estimate of drug-likeness (QED) is 0.625. The molecular weight excluding hydrogens is 400 g/mol. The predicted octanol–water partition coefficient (Wildman–Crippen LogP) is 4.31. The maximum absolute atomic E-state index is 11.8. The van der Waals surface area contributed by atoms with Crippen molar-refractivity contribution >= 4 is 28.8 Å². The molecule has 3 heterocycles. The summed E-state index contributed by atoms with van der Waals surface area (Å²) in [6.07, 6.45) is 4.23. The number of likely N-dealkylation sites (tertiary alicyclic amines) is 1. The van der Waals surface area contributed by atoms with Gasteiger partial charge in [0.1, 0.15) is 5.82 Å². The molecule has 1 atom stereocenters. The number of morpholine rings is 1. The number of nitrogens with zero attached hydrogens (tertiary/aromatic N) is 3. The summed E-state index contributed by atoms with van der Waals surface area (Å²) in [5.74, 6) is 0.563. The van der Waals surface area contributed by atoms with Crippen molar-refractivity contribution in [3.63, 3.8) is 0 Å². The Morgan fingerprint density at radius 3 is 2.75 bits per heavy atom. The fourth-order valence-electron chi connectivity index (χ4n) is 5.17. The Labute approximate surface area is 189 Å². The van der Waals surface area contributed by atoms with Crippen LogP contribution in [-0.4, -0.2) is 49.1 Å². The zero-order valence-corrected chi connectivity index (χ0v) is 18.6. The maximum Gasteiger partial charge on any atom is 0.210 e. The first kappa shape index (κ1) is 20.8. The summed E-state index contributed by atoms with van der Waals surface area (Å²) in [5, 5.41) is 1.07. The number of ether oxygens (including phenoxy) is 1. The normalized spacial score (nSPS) is 19.3. The molecule has 2 aromatic carbocycles. The van der Waals surface area contributed by atoms with Crippen molar-refractivity contribution in [3.8, 4) is 11.1 Å². The molecule has 32 heavy (non-hydrogen) atoms. The van der Waals surface area contributed by atoms with E-state index in [1.807, 2.05) is 4.90 Å². The molecular formula is C26H30N4O2. The lowest BCUT2D eigenvalue weighted by Gasteiger charge is -2.34. The highest BCUT2D eigenvalue weighted by molar-refractivity contribution is 5.91. The Hall–Kier alpha value is -3.12. The van der Waals surface area contributed by atoms with E-state index in [1.54, 1.807) is 0 Å². The number of aryl methyl sites for hydroxylation is 1. The number of fused-ring (bicyclic) bond motifs is 1. The van der Waals surface area contributed by atoms with Gasteiger partial charge < -0.3 is 20.3 Å². The number of nitrogen functional groups attached to an aromatic ring is 1. The van der Waals surface area contributed by atoms with Gasteiger partial charge in [0.15, 0.2) is 0 Å². The first-order valence-corrected chi connectivity index (χ1v) is 11.5. The van der Waals surface area contributed by atoms with E-state index in [0.29, 0.717) is 19.0 Å². The van der Waals surface area contributed by atoms with Gasteiger partial charge in [-0.2, -0.15) is 0 Å². The van der Waals surface area contributed by atoms with Gasteiger partial charge in [-0.15, -0.1) is 0 Å². The minimum Gasteiger partial charge on any atom is -0.382 e. The lowest BCUT2D eigenvalue weighted by molar-refractivity contribution is -0.121. The second-order valence-electron chi connectivity index (χ2n) is 8.79. The van der Waals surface area contributed by atoms with Gasteiger partial charge in [-0.1, -0.05) is 24.3 Å². The molecule has 0 saturated carbocycles. The smallest absolute Gasteiger partial charge is 0.210 e. The van der Waals surface area contributed by atoms with Crippen molar-refractivity contribution in [2.24, 2.45) is 0 Å². The average Bonchev–Trinajstić information content (AvgIpc) is 2.84. The summed E-state index contributed by atoms with van der Waals surface area (Å²) < 4.78 is 5.50. The number of nitrogens with two attached hydrogens (primary N) is 1. The van der Waals surface area contributed by atoms with Crippen LogP contribution < -0.4 is 10.6 Å². The predicted molar refractivity (Wildman–Crippen MR) is 129 cm³/mol. The van der Waals surface area contributed by atoms with E-state index in [2.05, 4.69) is 59.3 Å². The first-order chi connectivity index (χ1) is 15.7. The van der Waals surface area contributed by atoms with E-state index < -0.39 is 0 Å². The highest BCUT2D eigenvalue weighted by atomic mass is 16.5. The summed E-state index contributed by atoms with van der Waals surface area (Å²) in [6, 6.07) is 15.1. The molecule has 2 aliphatic heterocycles. The van der Waals surface area contributed by atoms with Crippen LogP contribution in [0.5, 0.6) is 0 Å². The molecule has 3 aromatic rings. The number of amides is 1. The molecule has 6 nitrogen and oxygen atoms in total. The van der Waals surface area contributed by atoms with Crippen LogP contribution in [0.15, 0.2) is 42.5 Å². The van der Waals surface area contributed by atoms with Gasteiger partial charge in [0, 0.05) is 25.0 Å². The fraction of sp³-hybridized carbons (Fsp3) is 0.385. The third-order valence-corrected chi connectivity index (χ3v) is 6.81. The van der Waals surface area contributed by atoms with Crippen molar-refractivity contribution in [3.05, 3.63) is 53.6 Å². The van der Waals surface area contributed by atoms with E-state index >= 15 is 0 Å². The topological polar surface area (TPSA) is 71.7 Å². The molecule has 0 radical (unpaired) electrons. The van der Waals surface area contributed by atoms with Crippen LogP contribution in [0.3, 0.4) is 0 Å². The summed E-state index contributed by atoms with van der Waals surface area (Å²) in [4.78, 5) is 20.7. The Kier molecular flexibility index (Phi) is 5.70. The zero-order chi connectivity index (χ0) is 22.1. The number of carbonyl (C=O) groups is 1. The van der Waals surface area contributed by atoms with Crippen molar-refractivity contribution < 1.29 is 9.53 Å². The minimum absolute atomic E-state index is 0.125. The maximum atomic E-state index is 11.8. The zero-order valence-electron chi connectivity index (χ0n) is 18.6. The number of pyridine rings is 1. The molecule has 2 fully saturated rings. The van der Waals surface area contributed by atoms with Crippen LogP contribution >= 0.6 is 0 Å². The molecule has 0 bridgehead atoms. The minimum atomic E-state index is 0.125. The van der Waals surface area contributed by atoms with Crippen LogP contribution in [-0.2, 0) is 9.53 Å². The van der Waals surface area contributed by atoms with Crippen LogP contribution in [0.25, 0.3) is 22.0 Å². The second-order valence-corrected chi connectivity index (χ2v) is 8.79. The Balaban J connectivity index is 1.60. The Bertz CT molecular complexity index is 1140. The number of aromatic nitrogens is 1. The van der Waals surface area contributed by atoms with Crippen LogP contribution in [0, 0.1) is 6.92 Å². The second kappa shape index (κ2) is 8.79. The van der Waals surface area contributed by atoms with Gasteiger partial charge in [0.25, 0.3) is 0 Å². The Morgan fingerprint density at radius 1 is 1.09 bits per heavy atom. The van der Waals surface area contributed by atoms with Crippen molar-refractivity contribution in [1.82, 2.24) is 9.88 Å². The SMILES string of the molecule is Cc1cccc(C2CCCCN2C=O)c1-c1ccc2nc(N)c(N3CCOCC3)cc2c1. The van der Waals surface area contributed by atoms with E-state index in [9.17, 15) is 4.79 Å². The highest BCUT2D eigenvalue weighted by Crippen LogP contribution is 2.39. The summed E-state index contributed by atoms with van der Waals surface area (Å²) in [5.41, 5.74) is 13.0. The van der Waals surface area contributed by atoms with Gasteiger partial charge in [0.2, 0.25) is 6.41 Å². The van der Waals surface area contributed by atoms with E-state index in [4.69, 9.17) is 10.5 Å². The Morgan fingerprint density at radius 2 is 1.94 bits per heavy atom. The van der Waals surface area contributed by atoms with Gasteiger partial charge >= 0.3 is 0 Å². The number of anilines is 2. The third-order valence-electron chi connectivity index (χ3n) is 6.81. The third kappa shape index (κ3) is 3.79. The molecule has 2 N–H and O–H groups in total. The number of hydrogen-bond acceptors (Lipinski definition) is 5. The van der Waals surface area contributed by atoms with Gasteiger partial charge in [-0.25, -0.2) is 4.98 Å². The summed E-state index contributed by atoms with van der Waals surface area (Å²) in [6.45, 7) is 6.03. The van der Waals surface area contributed by atoms with Crippen LogP contribution in [0.2, 0.25) is 0 Å². The largest absolute Gasteiger partial charge is 0.382 e. The number of benzene rings is 2. The lowest BCUT2D eigenvalue weighted by atomic mass is 9.86. The average molecular weight is 431 g/mol. The van der Waals surface area contributed by atoms with Crippen molar-refractivity contribution in [2.45, 2.75) is 32.2 Å². The molecule has 5 rings (SSSR count). The summed E-state index contributed by atoms with van der Waals surface area (Å²) >= 11 is 0. The van der Waals surface area contributed by atoms with E-state index in [1.165, 1.54) is 16.7 Å². The van der Waals surface area contributed by atoms with Crippen LogP contribution in [0.1, 0.15) is 36.4 Å². The van der Waals surface area contributed by atoms with Crippen LogP contribution in [0.4, 0.5) is 11.5 Å². The number of carbonyl (C=O) groups excluding carboxylic acids is 1. The molecule has 2 aliphatic rings. The molecule has 1 aromatic heterocycles. The molecule has 6 heteroatoms. The van der Waals surface area contributed by atoms with E-state index in [-0.39, 0.29) is 6.04 Å². The monoisotopic (exact) mass is 430 g/mol. The molecule has 0 aliphatic carbocycles. The van der Waals surface area contributed by atoms with Crippen molar-refractivity contribution in [2.75, 3.05) is 43.5 Å². The molecule has 1 unspecified atom stereocenters. The van der Waals surface area contributed by atoms with Gasteiger partial charge in [0.05, 0.1) is 30.5 Å². The molecule has 2 saturated heterocycles. The fourth-order valence-corrected chi connectivity index (χ4v) is 5.17. The standard InChI is InChI=1S/C26H30N4O2/c1-18-5-4-6-21(23-7-2-3-10-30(23)17-31)25(18)19-8-9-22-20(15-19)16-24(26(27)28-22)29-11-13-32-14-12-29/h4-6,8-9,15-17,23H,2-3,7,10-14H2,1H3,(H2,27,28). The number of hydrogen-bond donors (Lipinski definition) is 1. The highest BCUT2D eigenvalue weighted by Gasteiger charge is 2.26. The number of piperidine rings is 1. The van der Waals surface area contributed by atoms with Gasteiger partial charge in [-0.3, -0.25) is 4.79 Å². The lowest BCUT2D eigenvalue weighted by Crippen LogP contribution is -2.36. The van der Waals surface area contributed by atoms with Gasteiger partial charge in [-0.05, 0) is 66.6 Å². The van der Waals surface area contributed by atoms with E-state index in [0.717, 1.165) is 67.5 Å². The summed E-state index contributed by atoms with van der Waals surface area (Å²) in [7, 11) is 0. The first-order valence-electron chi connectivity index (χ1n) is 11.5. The number of rotatable bonds is 4. The molecule has 1 amide bonds.